The predicted molar refractivity (Wildman–Crippen MR) is 123 cm³/mol. The molecule has 2 heteroatoms. The molecule has 0 radical (unpaired) electrons. The first-order chi connectivity index (χ1) is 13.6. The Kier molecular flexibility index (Phi) is 7.09. The zero-order valence-electron chi connectivity index (χ0n) is 17.2. The molecule has 0 aliphatic heterocycles. The monoisotopic (exact) mass is 448 g/mol. The van der Waals surface area contributed by atoms with Gasteiger partial charge in [0.05, 0.1) is 0 Å². The van der Waals surface area contributed by atoms with Crippen molar-refractivity contribution >= 4 is 28.4 Å². The third-order valence-electron chi connectivity index (χ3n) is 5.19. The summed E-state index contributed by atoms with van der Waals surface area (Å²) in [6, 6.07) is 29.7. The predicted octanol–water partition coefficient (Wildman–Crippen LogP) is 7.13. The van der Waals surface area contributed by atoms with Crippen molar-refractivity contribution in [3.63, 3.8) is 0 Å². The first kappa shape index (κ1) is 21.5. The molecule has 0 fully saturated rings. The second kappa shape index (κ2) is 9.55. The van der Waals surface area contributed by atoms with Crippen LogP contribution in [0.1, 0.15) is 16.7 Å². The summed E-state index contributed by atoms with van der Waals surface area (Å²) in [6.45, 7) is 8.72. The van der Waals surface area contributed by atoms with Crippen molar-refractivity contribution in [1.82, 2.24) is 0 Å². The summed E-state index contributed by atoms with van der Waals surface area (Å²) in [6.07, 6.45) is 0. The molecule has 0 saturated carbocycles. The molecule has 0 atom stereocenters. The number of benzene rings is 3. The van der Waals surface area contributed by atoms with Crippen molar-refractivity contribution < 1.29 is 26.2 Å². The minimum Gasteiger partial charge on any atom is -0.214 e. The molecule has 0 N–H and O–H groups in total. The van der Waals surface area contributed by atoms with Crippen LogP contribution >= 0.6 is 0 Å². The van der Waals surface area contributed by atoms with E-state index in [0.717, 1.165) is 0 Å². The zero-order chi connectivity index (χ0) is 19.5. The molecule has 0 aliphatic rings. The molecule has 0 amide bonds. The summed E-state index contributed by atoms with van der Waals surface area (Å²) in [5, 5.41) is 5.16. The molecule has 29 heavy (non-hydrogen) atoms. The van der Waals surface area contributed by atoms with Crippen LogP contribution < -0.4 is 0 Å². The fourth-order valence-electron chi connectivity index (χ4n) is 4.11. The third kappa shape index (κ3) is 4.54. The van der Waals surface area contributed by atoms with E-state index in [0.29, 0.717) is 0 Å². The van der Waals surface area contributed by atoms with Crippen LogP contribution in [-0.2, 0) is 26.2 Å². The maximum absolute atomic E-state index is 3.26. The van der Waals surface area contributed by atoms with E-state index in [9.17, 15) is 0 Å². The van der Waals surface area contributed by atoms with Crippen LogP contribution in [0.15, 0.2) is 84.9 Å². The Morgan fingerprint density at radius 1 is 0.759 bits per heavy atom. The minimum atomic E-state index is 0. The van der Waals surface area contributed by atoms with Crippen LogP contribution in [-0.4, -0.2) is 6.91 Å². The van der Waals surface area contributed by atoms with Gasteiger partial charge in [-0.1, -0.05) is 0 Å². The van der Waals surface area contributed by atoms with E-state index < -0.39 is 0 Å². The topological polar surface area (TPSA) is 0 Å². The maximum Gasteiger partial charge on any atom is 2.00 e. The standard InChI is InChI=1S/C22H18B.C5H5.Zr/c1-14-11-15(2)20(16(3)12-14)21-19-9-5-4-7-17(19)13-18-8-6-10-23-22(18)21;1-2-4-5-3-1;/h4-9,11-13H,1-3H3;1-5H;/q2*-1;+2. The second-order valence-corrected chi connectivity index (χ2v) is 7.36. The van der Waals surface area contributed by atoms with Crippen LogP contribution in [0.5, 0.6) is 0 Å². The molecular weight excluding hydrogens is 426 g/mol. The van der Waals surface area contributed by atoms with Gasteiger partial charge in [0.1, 0.15) is 0 Å². The molecule has 138 valence electrons. The Bertz CT molecular complexity index is 1140. The van der Waals surface area contributed by atoms with Gasteiger partial charge in [0.2, 0.25) is 0 Å². The Labute approximate surface area is 193 Å². The average Bonchev–Trinajstić information content (AvgIpc) is 3.27. The van der Waals surface area contributed by atoms with Crippen molar-refractivity contribution in [2.75, 3.05) is 0 Å². The first-order valence-electron chi connectivity index (χ1n) is 9.71. The van der Waals surface area contributed by atoms with Crippen LogP contribution in [0.3, 0.4) is 0 Å². The third-order valence-corrected chi connectivity index (χ3v) is 5.19. The van der Waals surface area contributed by atoms with Crippen LogP contribution in [0.4, 0.5) is 0 Å². The Hall–Kier alpha value is -2.17. The summed E-state index contributed by atoms with van der Waals surface area (Å²) in [5.74, 6) is 3.26. The van der Waals surface area contributed by atoms with Gasteiger partial charge in [0, 0.05) is 0 Å². The quantitative estimate of drug-likeness (QED) is 0.189. The number of hydrogen-bond acceptors (Lipinski definition) is 0. The number of aryl methyl sites for hydroxylation is 3. The maximum atomic E-state index is 3.26. The zero-order valence-corrected chi connectivity index (χ0v) is 19.6. The summed E-state index contributed by atoms with van der Waals surface area (Å²) in [5.41, 5.74) is 6.69. The summed E-state index contributed by atoms with van der Waals surface area (Å²) in [7, 11) is 0. The van der Waals surface area contributed by atoms with Gasteiger partial charge < -0.3 is 0 Å². The summed E-state index contributed by atoms with van der Waals surface area (Å²) >= 11 is 0. The molecule has 0 bridgehead atoms. The van der Waals surface area contributed by atoms with Crippen LogP contribution in [0.2, 0.25) is 0 Å². The van der Waals surface area contributed by atoms with Crippen molar-refractivity contribution in [2.24, 2.45) is 0 Å². The minimum absolute atomic E-state index is 0. The van der Waals surface area contributed by atoms with Crippen LogP contribution in [0.25, 0.3) is 32.6 Å². The SMILES string of the molecule is Cc1cc(C)c(-c2c3b[c-]ccc3cc3ccccc23)c(C)c1.[Zr+2].c1cc[cH-]c1. The van der Waals surface area contributed by atoms with E-state index in [1.807, 2.05) is 36.4 Å². The Morgan fingerprint density at radius 3 is 2.10 bits per heavy atom. The Balaban J connectivity index is 0.000000352. The second-order valence-electron chi connectivity index (χ2n) is 7.36. The van der Waals surface area contributed by atoms with Crippen LogP contribution in [0, 0.1) is 26.7 Å². The average molecular weight is 450 g/mol. The molecule has 0 unspecified atom stereocenters. The van der Waals surface area contributed by atoms with Gasteiger partial charge in [-0.2, -0.15) is 18.2 Å². The van der Waals surface area contributed by atoms with Gasteiger partial charge in [-0.05, 0) is 0 Å². The summed E-state index contributed by atoms with van der Waals surface area (Å²) < 4.78 is 0. The molecule has 4 aromatic carbocycles. The molecule has 5 rings (SSSR count). The van der Waals surface area contributed by atoms with Gasteiger partial charge >= 0.3 is 164 Å². The molecule has 1 aromatic heterocycles. The van der Waals surface area contributed by atoms with E-state index in [4.69, 9.17) is 0 Å². The first-order valence-corrected chi connectivity index (χ1v) is 9.71. The summed E-state index contributed by atoms with van der Waals surface area (Å²) in [4.78, 5) is 0. The largest absolute Gasteiger partial charge is 2.00 e. The molecular formula is C27H23BZr. The van der Waals surface area contributed by atoms with E-state index >= 15 is 0 Å². The van der Waals surface area contributed by atoms with Crippen molar-refractivity contribution in [2.45, 2.75) is 20.8 Å². The van der Waals surface area contributed by atoms with Gasteiger partial charge in [-0.3, -0.25) is 0 Å². The molecule has 1 heterocycles. The van der Waals surface area contributed by atoms with Crippen molar-refractivity contribution in [3.05, 3.63) is 108 Å². The van der Waals surface area contributed by atoms with Crippen molar-refractivity contribution in [3.8, 4) is 11.1 Å². The molecule has 0 saturated heterocycles. The number of fused-ring (bicyclic) bond motifs is 2. The molecule has 0 aliphatic carbocycles. The van der Waals surface area contributed by atoms with Gasteiger partial charge in [-0.25, -0.2) is 12.1 Å². The smallest absolute Gasteiger partial charge is 0.214 e. The molecule has 0 spiro atoms. The fourth-order valence-corrected chi connectivity index (χ4v) is 4.11. The van der Waals surface area contributed by atoms with E-state index in [1.54, 1.807) is 0 Å². The van der Waals surface area contributed by atoms with Crippen molar-refractivity contribution in [1.29, 1.82) is 0 Å². The number of hydrogen-bond donors (Lipinski definition) is 0. The van der Waals surface area contributed by atoms with E-state index in [1.165, 1.54) is 49.3 Å². The van der Waals surface area contributed by atoms with Gasteiger partial charge in [0.25, 0.3) is 0 Å². The van der Waals surface area contributed by atoms with E-state index in [-0.39, 0.29) is 26.2 Å². The van der Waals surface area contributed by atoms with Gasteiger partial charge in [0.15, 0.2) is 0 Å². The fraction of sp³-hybridized carbons (Fsp3) is 0.111. The molecule has 0 nitrogen and oxygen atoms in total. The Morgan fingerprint density at radius 2 is 1.45 bits per heavy atom. The molecule has 5 aromatic rings. The normalized spacial score (nSPS) is 10.2. The number of rotatable bonds is 1. The van der Waals surface area contributed by atoms with Gasteiger partial charge in [-0.15, -0.1) is 0 Å². The van der Waals surface area contributed by atoms with E-state index in [2.05, 4.69) is 82.2 Å².